The van der Waals surface area contributed by atoms with Crippen LogP contribution in [0.1, 0.15) is 16.1 Å². The highest BCUT2D eigenvalue weighted by Gasteiger charge is 2.11. The highest BCUT2D eigenvalue weighted by Crippen LogP contribution is 2.24. The van der Waals surface area contributed by atoms with Crippen molar-refractivity contribution in [3.05, 3.63) is 47.8 Å². The molecule has 7 nitrogen and oxygen atoms in total. The number of benzene rings is 1. The van der Waals surface area contributed by atoms with E-state index in [0.29, 0.717) is 11.4 Å². The first kappa shape index (κ1) is 14.3. The molecule has 7 heteroatoms. The van der Waals surface area contributed by atoms with E-state index in [1.807, 2.05) is 0 Å². The molecule has 0 bridgehead atoms. The van der Waals surface area contributed by atoms with Gasteiger partial charge in [0.1, 0.15) is 5.75 Å². The van der Waals surface area contributed by atoms with Crippen LogP contribution in [-0.2, 0) is 0 Å². The number of carboxylic acids is 1. The highest BCUT2D eigenvalue weighted by molar-refractivity contribution is 6.01. The van der Waals surface area contributed by atoms with Gasteiger partial charge in [0.25, 0.3) is 0 Å². The minimum atomic E-state index is -1.16. The van der Waals surface area contributed by atoms with Gasteiger partial charge in [-0.2, -0.15) is 0 Å². The van der Waals surface area contributed by atoms with Crippen molar-refractivity contribution in [1.82, 2.24) is 4.98 Å². The summed E-state index contributed by atoms with van der Waals surface area (Å²) in [7, 11) is 0. The summed E-state index contributed by atoms with van der Waals surface area (Å²) in [5.41, 5.74) is 1.23. The molecule has 0 aliphatic heterocycles. The lowest BCUT2D eigenvalue weighted by Gasteiger charge is -2.10. The summed E-state index contributed by atoms with van der Waals surface area (Å²) >= 11 is 0. The maximum atomic E-state index is 11.8. The Hall–Kier alpha value is -3.09. The number of amides is 2. The van der Waals surface area contributed by atoms with Gasteiger partial charge in [0.05, 0.1) is 22.6 Å². The van der Waals surface area contributed by atoms with E-state index in [-0.39, 0.29) is 17.0 Å². The molecule has 0 aliphatic rings. The molecule has 2 rings (SSSR count). The van der Waals surface area contributed by atoms with E-state index in [1.165, 1.54) is 12.1 Å². The smallest absolute Gasteiger partial charge is 0.335 e. The number of aromatic hydroxyl groups is 1. The van der Waals surface area contributed by atoms with Crippen molar-refractivity contribution < 1.29 is 19.8 Å². The van der Waals surface area contributed by atoms with Gasteiger partial charge >= 0.3 is 12.0 Å². The van der Waals surface area contributed by atoms with Crippen LogP contribution in [0, 0.1) is 6.92 Å². The number of phenolic OH excluding ortho intramolecular Hbond substituents is 1. The third kappa shape index (κ3) is 3.47. The van der Waals surface area contributed by atoms with Crippen molar-refractivity contribution in [2.45, 2.75) is 6.92 Å². The van der Waals surface area contributed by atoms with Crippen molar-refractivity contribution in [3.63, 3.8) is 0 Å². The highest BCUT2D eigenvalue weighted by atomic mass is 16.4. The fraction of sp³-hybridized carbons (Fsp3) is 0.0714. The zero-order chi connectivity index (χ0) is 15.4. The third-order valence-corrected chi connectivity index (χ3v) is 2.75. The number of anilines is 2. The molecule has 2 amide bonds. The molecule has 2 aromatic rings. The fourth-order valence-corrected chi connectivity index (χ4v) is 1.66. The summed E-state index contributed by atoms with van der Waals surface area (Å²) in [5, 5.41) is 23.5. The molecule has 1 heterocycles. The molecule has 21 heavy (non-hydrogen) atoms. The summed E-state index contributed by atoms with van der Waals surface area (Å²) in [5.74, 6) is -1.49. The van der Waals surface area contributed by atoms with E-state index >= 15 is 0 Å². The molecule has 1 aromatic heterocycles. The minimum absolute atomic E-state index is 0.0680. The zero-order valence-electron chi connectivity index (χ0n) is 11.1. The monoisotopic (exact) mass is 287 g/mol. The largest absolute Gasteiger partial charge is 0.506 e. The molecule has 1 aromatic carbocycles. The molecule has 0 unspecified atom stereocenters. The number of phenols is 1. The number of carbonyl (C=O) groups excluding carboxylic acids is 1. The summed E-state index contributed by atoms with van der Waals surface area (Å²) in [6.07, 6.45) is 1.61. The minimum Gasteiger partial charge on any atom is -0.506 e. The first-order chi connectivity index (χ1) is 9.97. The number of hydrogen-bond acceptors (Lipinski definition) is 4. The Labute approximate surface area is 120 Å². The first-order valence-corrected chi connectivity index (χ1v) is 6.03. The average molecular weight is 287 g/mol. The standard InChI is InChI=1S/C14H13N3O4/c1-8-10(3-2-6-15-8)16-14(21)17-11-5-4-9(13(19)20)7-12(11)18/h2-7,18H,1H3,(H,19,20)(H2,16,17,21). The number of hydrogen-bond donors (Lipinski definition) is 4. The van der Waals surface area contributed by atoms with Crippen LogP contribution in [0.2, 0.25) is 0 Å². The lowest BCUT2D eigenvalue weighted by molar-refractivity contribution is 0.0696. The second kappa shape index (κ2) is 5.91. The number of aromatic nitrogens is 1. The van der Waals surface area contributed by atoms with Gasteiger partial charge in [-0.05, 0) is 37.3 Å². The van der Waals surface area contributed by atoms with Crippen LogP contribution in [0.25, 0.3) is 0 Å². The zero-order valence-corrected chi connectivity index (χ0v) is 11.1. The number of aromatic carboxylic acids is 1. The number of carbonyl (C=O) groups is 2. The van der Waals surface area contributed by atoms with Crippen molar-refractivity contribution in [2.75, 3.05) is 10.6 Å². The number of rotatable bonds is 3. The Morgan fingerprint density at radius 3 is 2.48 bits per heavy atom. The Bertz CT molecular complexity index is 700. The molecular weight excluding hydrogens is 274 g/mol. The van der Waals surface area contributed by atoms with Gasteiger partial charge in [-0.3, -0.25) is 4.98 Å². The molecule has 0 saturated carbocycles. The van der Waals surface area contributed by atoms with Crippen molar-refractivity contribution in [2.24, 2.45) is 0 Å². The second-order valence-electron chi connectivity index (χ2n) is 4.25. The number of nitrogens with zero attached hydrogens (tertiary/aromatic N) is 1. The van der Waals surface area contributed by atoms with Gasteiger partial charge in [-0.15, -0.1) is 0 Å². The van der Waals surface area contributed by atoms with Gasteiger partial charge in [0, 0.05) is 6.20 Å². The number of nitrogens with one attached hydrogen (secondary N) is 2. The van der Waals surface area contributed by atoms with Crippen LogP contribution < -0.4 is 10.6 Å². The fourth-order valence-electron chi connectivity index (χ4n) is 1.66. The summed E-state index contributed by atoms with van der Waals surface area (Å²) in [4.78, 5) is 26.6. The quantitative estimate of drug-likeness (QED) is 0.648. The van der Waals surface area contributed by atoms with Crippen LogP contribution in [0.15, 0.2) is 36.5 Å². The van der Waals surface area contributed by atoms with E-state index in [9.17, 15) is 14.7 Å². The molecule has 0 atom stereocenters. The first-order valence-electron chi connectivity index (χ1n) is 6.03. The predicted molar refractivity (Wildman–Crippen MR) is 76.7 cm³/mol. The van der Waals surface area contributed by atoms with Crippen molar-refractivity contribution in [3.8, 4) is 5.75 Å². The molecule has 0 saturated heterocycles. The molecule has 108 valence electrons. The van der Waals surface area contributed by atoms with Gasteiger partial charge in [0.2, 0.25) is 0 Å². The molecule has 0 spiro atoms. The number of pyridine rings is 1. The second-order valence-corrected chi connectivity index (χ2v) is 4.25. The number of aryl methyl sites for hydroxylation is 1. The Balaban J connectivity index is 2.10. The Morgan fingerprint density at radius 1 is 1.14 bits per heavy atom. The summed E-state index contributed by atoms with van der Waals surface area (Å²) < 4.78 is 0. The van der Waals surface area contributed by atoms with Gasteiger partial charge in [-0.1, -0.05) is 0 Å². The SMILES string of the molecule is Cc1ncccc1NC(=O)Nc1ccc(C(=O)O)cc1O. The topological polar surface area (TPSA) is 112 Å². The van der Waals surface area contributed by atoms with Crippen LogP contribution in [0.3, 0.4) is 0 Å². The van der Waals surface area contributed by atoms with E-state index in [0.717, 1.165) is 6.07 Å². The van der Waals surface area contributed by atoms with E-state index < -0.39 is 12.0 Å². The van der Waals surface area contributed by atoms with Crippen LogP contribution in [-0.4, -0.2) is 27.2 Å². The van der Waals surface area contributed by atoms with E-state index in [1.54, 1.807) is 25.3 Å². The van der Waals surface area contributed by atoms with Crippen molar-refractivity contribution in [1.29, 1.82) is 0 Å². The average Bonchev–Trinajstić information content (AvgIpc) is 2.43. The predicted octanol–water partition coefficient (Wildman–Crippen LogP) is 2.44. The van der Waals surface area contributed by atoms with Gasteiger partial charge in [0.15, 0.2) is 0 Å². The maximum absolute atomic E-state index is 11.8. The van der Waals surface area contributed by atoms with Crippen molar-refractivity contribution >= 4 is 23.4 Å². The van der Waals surface area contributed by atoms with E-state index in [4.69, 9.17) is 5.11 Å². The number of urea groups is 1. The number of carboxylic acid groups (broad SMARTS) is 1. The maximum Gasteiger partial charge on any atom is 0.335 e. The normalized spacial score (nSPS) is 9.95. The summed E-state index contributed by atoms with van der Waals surface area (Å²) in [6.45, 7) is 1.74. The summed E-state index contributed by atoms with van der Waals surface area (Å²) in [6, 6.07) is 6.47. The van der Waals surface area contributed by atoms with E-state index in [2.05, 4.69) is 15.6 Å². The molecule has 0 radical (unpaired) electrons. The molecular formula is C14H13N3O4. The van der Waals surface area contributed by atoms with Gasteiger partial charge < -0.3 is 20.8 Å². The van der Waals surface area contributed by atoms with Crippen LogP contribution in [0.5, 0.6) is 5.75 Å². The van der Waals surface area contributed by atoms with Crippen LogP contribution in [0.4, 0.5) is 16.2 Å². The molecule has 0 fully saturated rings. The Kier molecular flexibility index (Phi) is 4.03. The van der Waals surface area contributed by atoms with Crippen LogP contribution >= 0.6 is 0 Å². The lowest BCUT2D eigenvalue weighted by Crippen LogP contribution is -2.20. The molecule has 0 aliphatic carbocycles. The third-order valence-electron chi connectivity index (χ3n) is 2.75. The van der Waals surface area contributed by atoms with Gasteiger partial charge in [-0.25, -0.2) is 9.59 Å². The Morgan fingerprint density at radius 2 is 1.86 bits per heavy atom. The molecule has 4 N–H and O–H groups in total. The lowest BCUT2D eigenvalue weighted by atomic mass is 10.2.